The van der Waals surface area contributed by atoms with Crippen LogP contribution >= 0.6 is 0 Å². The monoisotopic (exact) mass is 343 g/mol. The first-order valence-electron chi connectivity index (χ1n) is 8.11. The van der Waals surface area contributed by atoms with Gasteiger partial charge in [0.15, 0.2) is 0 Å². The smallest absolute Gasteiger partial charge is 0.410 e. The first kappa shape index (κ1) is 17.0. The van der Waals surface area contributed by atoms with Gasteiger partial charge in [-0.3, -0.25) is 9.69 Å². The highest BCUT2D eigenvalue weighted by atomic mass is 16.6. The fourth-order valence-corrected chi connectivity index (χ4v) is 2.90. The number of hydrogen-bond donors (Lipinski definition) is 0. The third kappa shape index (κ3) is 3.50. The Morgan fingerprint density at radius 1 is 1.32 bits per heavy atom. The van der Waals surface area contributed by atoms with Gasteiger partial charge in [0, 0.05) is 12.6 Å². The van der Waals surface area contributed by atoms with Crippen molar-refractivity contribution in [1.29, 1.82) is 0 Å². The lowest BCUT2D eigenvalue weighted by Crippen LogP contribution is -2.39. The molecule has 25 heavy (non-hydrogen) atoms. The normalized spacial score (nSPS) is 16.8. The Morgan fingerprint density at radius 3 is 2.68 bits per heavy atom. The van der Waals surface area contributed by atoms with Crippen LogP contribution in [0, 0.1) is 13.8 Å². The summed E-state index contributed by atoms with van der Waals surface area (Å²) in [4.78, 5) is 27.7. The van der Waals surface area contributed by atoms with Crippen LogP contribution in [0.2, 0.25) is 0 Å². The highest BCUT2D eigenvalue weighted by Gasteiger charge is 2.36. The zero-order chi connectivity index (χ0) is 18.0. The Kier molecular flexibility index (Phi) is 4.74. The van der Waals surface area contributed by atoms with Gasteiger partial charge in [0.1, 0.15) is 18.9 Å². The summed E-state index contributed by atoms with van der Waals surface area (Å²) >= 11 is 0. The maximum absolute atomic E-state index is 12.6. The number of nitrogens with zero attached hydrogens (tertiary/aromatic N) is 3. The van der Waals surface area contributed by atoms with Crippen molar-refractivity contribution in [3.63, 3.8) is 0 Å². The van der Waals surface area contributed by atoms with E-state index in [-0.39, 0.29) is 25.1 Å². The van der Waals surface area contributed by atoms with Gasteiger partial charge in [-0.15, -0.1) is 0 Å². The minimum absolute atomic E-state index is 0.0295. The maximum Gasteiger partial charge on any atom is 0.410 e. The van der Waals surface area contributed by atoms with Crippen LogP contribution in [-0.2, 0) is 16.1 Å². The number of benzene rings is 1. The van der Waals surface area contributed by atoms with Gasteiger partial charge in [-0.1, -0.05) is 35.5 Å². The number of cyclic esters (lactones) is 1. The SMILES string of the molecule is Cc1noc(C)c1CN(C)C(=O)CN1C(=O)OCC1c1ccccc1. The van der Waals surface area contributed by atoms with Crippen LogP contribution in [0.5, 0.6) is 0 Å². The number of rotatable bonds is 5. The molecule has 2 amide bonds. The molecular weight excluding hydrogens is 322 g/mol. The first-order chi connectivity index (χ1) is 12.0. The molecule has 1 saturated heterocycles. The van der Waals surface area contributed by atoms with E-state index in [1.165, 1.54) is 4.90 Å². The Labute approximate surface area is 146 Å². The Bertz CT molecular complexity index is 752. The molecule has 1 aromatic heterocycles. The quantitative estimate of drug-likeness (QED) is 0.833. The molecule has 1 aliphatic rings. The molecule has 1 unspecified atom stereocenters. The number of aryl methyl sites for hydroxylation is 2. The molecule has 2 aromatic rings. The van der Waals surface area contributed by atoms with Crippen LogP contribution in [0.1, 0.15) is 28.6 Å². The molecule has 132 valence electrons. The van der Waals surface area contributed by atoms with Gasteiger partial charge in [-0.05, 0) is 19.4 Å². The molecule has 2 heterocycles. The van der Waals surface area contributed by atoms with E-state index >= 15 is 0 Å². The fourth-order valence-electron chi connectivity index (χ4n) is 2.90. The first-order valence-corrected chi connectivity index (χ1v) is 8.11. The molecule has 7 nitrogen and oxygen atoms in total. The lowest BCUT2D eigenvalue weighted by atomic mass is 10.1. The number of amides is 2. The van der Waals surface area contributed by atoms with Crippen molar-refractivity contribution in [2.45, 2.75) is 26.4 Å². The van der Waals surface area contributed by atoms with Crippen LogP contribution < -0.4 is 0 Å². The number of hydrogen-bond acceptors (Lipinski definition) is 5. The van der Waals surface area contributed by atoms with Crippen molar-refractivity contribution in [2.24, 2.45) is 0 Å². The zero-order valence-electron chi connectivity index (χ0n) is 14.6. The van der Waals surface area contributed by atoms with Crippen LogP contribution in [0.25, 0.3) is 0 Å². The lowest BCUT2D eigenvalue weighted by Gasteiger charge is -2.24. The van der Waals surface area contributed by atoms with Crippen LogP contribution in [0.4, 0.5) is 4.79 Å². The number of carbonyl (C=O) groups is 2. The van der Waals surface area contributed by atoms with Crippen molar-refractivity contribution < 1.29 is 18.8 Å². The number of likely N-dealkylation sites (N-methyl/N-ethyl adjacent to an activating group) is 1. The molecule has 0 saturated carbocycles. The predicted molar refractivity (Wildman–Crippen MR) is 89.7 cm³/mol. The second-order valence-corrected chi connectivity index (χ2v) is 6.18. The van der Waals surface area contributed by atoms with E-state index < -0.39 is 6.09 Å². The van der Waals surface area contributed by atoms with Gasteiger partial charge < -0.3 is 14.2 Å². The molecule has 0 spiro atoms. The number of aromatic nitrogens is 1. The summed E-state index contributed by atoms with van der Waals surface area (Å²) in [7, 11) is 1.70. The Balaban J connectivity index is 1.69. The third-order valence-corrected chi connectivity index (χ3v) is 4.47. The van der Waals surface area contributed by atoms with Crippen LogP contribution in [0.3, 0.4) is 0 Å². The average molecular weight is 343 g/mol. The van der Waals surface area contributed by atoms with E-state index in [4.69, 9.17) is 9.26 Å². The van der Waals surface area contributed by atoms with E-state index in [2.05, 4.69) is 5.16 Å². The van der Waals surface area contributed by atoms with Crippen molar-refractivity contribution in [2.75, 3.05) is 20.2 Å². The molecule has 1 aliphatic heterocycles. The third-order valence-electron chi connectivity index (χ3n) is 4.47. The van der Waals surface area contributed by atoms with Crippen molar-refractivity contribution in [3.8, 4) is 0 Å². The second-order valence-electron chi connectivity index (χ2n) is 6.18. The van der Waals surface area contributed by atoms with Gasteiger partial charge in [0.25, 0.3) is 0 Å². The molecule has 0 bridgehead atoms. The second kappa shape index (κ2) is 6.96. The lowest BCUT2D eigenvalue weighted by molar-refractivity contribution is -0.131. The van der Waals surface area contributed by atoms with Gasteiger partial charge in [0.05, 0.1) is 18.3 Å². The predicted octanol–water partition coefficient (Wildman–Crippen LogP) is 2.44. The molecule has 3 rings (SSSR count). The summed E-state index contributed by atoms with van der Waals surface area (Å²) < 4.78 is 10.3. The summed E-state index contributed by atoms with van der Waals surface area (Å²) in [5.74, 6) is 0.527. The highest BCUT2D eigenvalue weighted by molar-refractivity contribution is 5.83. The topological polar surface area (TPSA) is 75.9 Å². The standard InChI is InChI=1S/C18H21N3O4/c1-12-15(13(2)25-19-12)9-20(3)17(22)10-21-16(11-24-18(21)23)14-7-5-4-6-8-14/h4-8,16H,9-11H2,1-3H3. The molecule has 0 N–H and O–H groups in total. The number of carbonyl (C=O) groups excluding carboxylic acids is 2. The van der Waals surface area contributed by atoms with Gasteiger partial charge in [-0.25, -0.2) is 4.79 Å². The van der Waals surface area contributed by atoms with E-state index in [0.717, 1.165) is 16.8 Å². The van der Waals surface area contributed by atoms with Crippen molar-refractivity contribution >= 4 is 12.0 Å². The Morgan fingerprint density at radius 2 is 2.04 bits per heavy atom. The van der Waals surface area contributed by atoms with Crippen molar-refractivity contribution in [3.05, 3.63) is 52.9 Å². The molecular formula is C18H21N3O4. The molecule has 0 aliphatic carbocycles. The molecule has 1 aromatic carbocycles. The van der Waals surface area contributed by atoms with E-state index in [0.29, 0.717) is 12.3 Å². The zero-order valence-corrected chi connectivity index (χ0v) is 14.6. The summed E-state index contributed by atoms with van der Waals surface area (Å²) in [6.07, 6.45) is -0.465. The number of ether oxygens (including phenoxy) is 1. The maximum atomic E-state index is 12.6. The van der Waals surface area contributed by atoms with Gasteiger partial charge >= 0.3 is 6.09 Å². The van der Waals surface area contributed by atoms with E-state index in [1.807, 2.05) is 44.2 Å². The molecule has 1 fully saturated rings. The van der Waals surface area contributed by atoms with Crippen LogP contribution in [0.15, 0.2) is 34.9 Å². The molecule has 0 radical (unpaired) electrons. The fraction of sp³-hybridized carbons (Fsp3) is 0.389. The van der Waals surface area contributed by atoms with Gasteiger partial charge in [0.2, 0.25) is 5.91 Å². The molecule has 7 heteroatoms. The molecule has 1 atom stereocenters. The largest absolute Gasteiger partial charge is 0.447 e. The van der Waals surface area contributed by atoms with Gasteiger partial charge in [-0.2, -0.15) is 0 Å². The summed E-state index contributed by atoms with van der Waals surface area (Å²) in [5.41, 5.74) is 2.61. The highest BCUT2D eigenvalue weighted by Crippen LogP contribution is 2.27. The minimum atomic E-state index is -0.465. The Hall–Kier alpha value is -2.83. The average Bonchev–Trinajstić information content (AvgIpc) is 3.13. The van der Waals surface area contributed by atoms with Crippen LogP contribution in [-0.4, -0.2) is 47.2 Å². The van der Waals surface area contributed by atoms with E-state index in [9.17, 15) is 9.59 Å². The summed E-state index contributed by atoms with van der Waals surface area (Å²) in [6.45, 7) is 4.27. The summed E-state index contributed by atoms with van der Waals surface area (Å²) in [6, 6.07) is 9.33. The van der Waals surface area contributed by atoms with E-state index in [1.54, 1.807) is 11.9 Å². The van der Waals surface area contributed by atoms with Crippen molar-refractivity contribution in [1.82, 2.24) is 15.0 Å². The summed E-state index contributed by atoms with van der Waals surface area (Å²) in [5, 5.41) is 3.90. The minimum Gasteiger partial charge on any atom is -0.447 e.